The van der Waals surface area contributed by atoms with Crippen LogP contribution >= 0.6 is 0 Å². The molecular formula is C15H22FN3O. The molecule has 1 atom stereocenters. The molecule has 1 heterocycles. The van der Waals surface area contributed by atoms with Gasteiger partial charge >= 0.3 is 0 Å². The van der Waals surface area contributed by atoms with E-state index in [0.29, 0.717) is 12.1 Å². The third-order valence-corrected chi connectivity index (χ3v) is 3.38. The van der Waals surface area contributed by atoms with Crippen LogP contribution in [-0.4, -0.2) is 23.3 Å². The van der Waals surface area contributed by atoms with Crippen molar-refractivity contribution in [1.82, 2.24) is 9.55 Å². The van der Waals surface area contributed by atoms with Crippen molar-refractivity contribution in [1.29, 1.82) is 0 Å². The second-order valence-electron chi connectivity index (χ2n) is 5.00. The van der Waals surface area contributed by atoms with E-state index in [1.165, 1.54) is 12.1 Å². The summed E-state index contributed by atoms with van der Waals surface area (Å²) in [7, 11) is 1.68. The van der Waals surface area contributed by atoms with Gasteiger partial charge in [0.05, 0.1) is 17.1 Å². The zero-order valence-corrected chi connectivity index (χ0v) is 12.1. The number of nitrogens with two attached hydrogens (primary N) is 1. The Bertz CT molecular complexity index is 567. The molecular weight excluding hydrogens is 257 g/mol. The number of hydrogen-bond acceptors (Lipinski definition) is 3. The number of fused-ring (bicyclic) bond motifs is 1. The van der Waals surface area contributed by atoms with Gasteiger partial charge in [-0.3, -0.25) is 0 Å². The zero-order chi connectivity index (χ0) is 14.5. The molecule has 1 aromatic carbocycles. The number of ether oxygens (including phenoxy) is 1. The summed E-state index contributed by atoms with van der Waals surface area (Å²) in [5, 5.41) is 0. The molecule has 0 bridgehead atoms. The van der Waals surface area contributed by atoms with Gasteiger partial charge in [0.15, 0.2) is 0 Å². The molecule has 1 unspecified atom stereocenters. The van der Waals surface area contributed by atoms with Crippen LogP contribution in [0, 0.1) is 5.82 Å². The highest BCUT2D eigenvalue weighted by atomic mass is 19.1. The maximum absolute atomic E-state index is 13.3. The standard InChI is InChI=1S/C15H22FN3O/c1-3-8-19-14-7-6-11(16)10-13(14)18-15(19)12(17)5-4-9-20-2/h6-7,10,12H,3-5,8-9,17H2,1-2H3. The van der Waals surface area contributed by atoms with Crippen LogP contribution in [0.5, 0.6) is 0 Å². The van der Waals surface area contributed by atoms with Gasteiger partial charge in [-0.2, -0.15) is 0 Å². The number of hydrogen-bond donors (Lipinski definition) is 1. The summed E-state index contributed by atoms with van der Waals surface area (Å²) < 4.78 is 20.5. The van der Waals surface area contributed by atoms with E-state index in [1.807, 2.05) is 0 Å². The second-order valence-corrected chi connectivity index (χ2v) is 5.00. The lowest BCUT2D eigenvalue weighted by Crippen LogP contribution is -2.17. The number of methoxy groups -OCH3 is 1. The van der Waals surface area contributed by atoms with Crippen LogP contribution in [0.4, 0.5) is 4.39 Å². The van der Waals surface area contributed by atoms with Gasteiger partial charge in [0.2, 0.25) is 0 Å². The molecule has 1 aromatic heterocycles. The summed E-state index contributed by atoms with van der Waals surface area (Å²) in [6.45, 7) is 3.64. The van der Waals surface area contributed by atoms with Crippen LogP contribution in [0.2, 0.25) is 0 Å². The van der Waals surface area contributed by atoms with Gasteiger partial charge in [0.25, 0.3) is 0 Å². The summed E-state index contributed by atoms with van der Waals surface area (Å²) in [6, 6.07) is 4.56. The molecule has 0 spiro atoms. The number of halogens is 1. The molecule has 0 aliphatic carbocycles. The van der Waals surface area contributed by atoms with E-state index < -0.39 is 0 Å². The minimum absolute atomic E-state index is 0.146. The van der Waals surface area contributed by atoms with Crippen molar-refractivity contribution in [3.63, 3.8) is 0 Å². The van der Waals surface area contributed by atoms with E-state index >= 15 is 0 Å². The zero-order valence-electron chi connectivity index (χ0n) is 12.1. The summed E-state index contributed by atoms with van der Waals surface area (Å²) in [6.07, 6.45) is 2.69. The molecule has 0 saturated heterocycles. The van der Waals surface area contributed by atoms with E-state index in [-0.39, 0.29) is 11.9 Å². The summed E-state index contributed by atoms with van der Waals surface area (Å²) >= 11 is 0. The number of aromatic nitrogens is 2. The van der Waals surface area contributed by atoms with Crippen molar-refractivity contribution >= 4 is 11.0 Å². The minimum atomic E-state index is -0.266. The first-order valence-corrected chi connectivity index (χ1v) is 7.07. The quantitative estimate of drug-likeness (QED) is 0.793. The average Bonchev–Trinajstić information content (AvgIpc) is 2.77. The topological polar surface area (TPSA) is 53.1 Å². The van der Waals surface area contributed by atoms with Crippen molar-refractivity contribution in [3.05, 3.63) is 29.8 Å². The molecule has 2 N–H and O–H groups in total. The molecule has 0 amide bonds. The Morgan fingerprint density at radius 1 is 1.45 bits per heavy atom. The number of nitrogens with zero attached hydrogens (tertiary/aromatic N) is 2. The van der Waals surface area contributed by atoms with E-state index in [0.717, 1.165) is 37.1 Å². The largest absolute Gasteiger partial charge is 0.385 e. The predicted molar refractivity (Wildman–Crippen MR) is 78.0 cm³/mol. The van der Waals surface area contributed by atoms with Gasteiger partial charge < -0.3 is 15.0 Å². The van der Waals surface area contributed by atoms with Gasteiger partial charge in [0.1, 0.15) is 11.6 Å². The molecule has 0 aliphatic rings. The molecule has 0 fully saturated rings. The van der Waals surface area contributed by atoms with Gasteiger partial charge in [0, 0.05) is 26.3 Å². The molecule has 110 valence electrons. The number of rotatable bonds is 7. The van der Waals surface area contributed by atoms with Crippen LogP contribution in [0.3, 0.4) is 0 Å². The van der Waals surface area contributed by atoms with E-state index in [4.69, 9.17) is 10.5 Å². The highest BCUT2D eigenvalue weighted by Gasteiger charge is 2.16. The highest BCUT2D eigenvalue weighted by molar-refractivity contribution is 5.76. The van der Waals surface area contributed by atoms with Crippen molar-refractivity contribution in [2.75, 3.05) is 13.7 Å². The highest BCUT2D eigenvalue weighted by Crippen LogP contribution is 2.23. The first-order valence-electron chi connectivity index (χ1n) is 7.07. The third-order valence-electron chi connectivity index (χ3n) is 3.38. The first-order chi connectivity index (χ1) is 9.67. The Hall–Kier alpha value is -1.46. The Labute approximate surface area is 118 Å². The monoisotopic (exact) mass is 279 g/mol. The fourth-order valence-corrected chi connectivity index (χ4v) is 2.44. The van der Waals surface area contributed by atoms with E-state index in [2.05, 4.69) is 16.5 Å². The van der Waals surface area contributed by atoms with E-state index in [1.54, 1.807) is 13.2 Å². The van der Waals surface area contributed by atoms with E-state index in [9.17, 15) is 4.39 Å². The lowest BCUT2D eigenvalue weighted by Gasteiger charge is -2.14. The summed E-state index contributed by atoms with van der Waals surface area (Å²) in [5.41, 5.74) is 7.86. The van der Waals surface area contributed by atoms with Crippen LogP contribution in [0.15, 0.2) is 18.2 Å². The minimum Gasteiger partial charge on any atom is -0.385 e. The Balaban J connectivity index is 2.32. The van der Waals surface area contributed by atoms with Gasteiger partial charge in [-0.1, -0.05) is 6.92 Å². The molecule has 0 aliphatic heterocycles. The van der Waals surface area contributed by atoms with Gasteiger partial charge in [-0.05, 0) is 31.4 Å². The van der Waals surface area contributed by atoms with Crippen LogP contribution in [0.25, 0.3) is 11.0 Å². The molecule has 5 heteroatoms. The fraction of sp³-hybridized carbons (Fsp3) is 0.533. The third kappa shape index (κ3) is 3.16. The van der Waals surface area contributed by atoms with Gasteiger partial charge in [-0.25, -0.2) is 9.37 Å². The maximum atomic E-state index is 13.3. The smallest absolute Gasteiger partial charge is 0.126 e. The average molecular weight is 279 g/mol. The molecule has 0 radical (unpaired) electrons. The van der Waals surface area contributed by atoms with Crippen molar-refractivity contribution in [2.45, 2.75) is 38.8 Å². The predicted octanol–water partition coefficient (Wildman–Crippen LogP) is 3.01. The molecule has 20 heavy (non-hydrogen) atoms. The number of benzene rings is 1. The van der Waals surface area contributed by atoms with Crippen LogP contribution in [0.1, 0.15) is 38.1 Å². The Kier molecular flexibility index (Phi) is 5.09. The molecule has 2 rings (SSSR count). The SMILES string of the molecule is CCCn1c(C(N)CCCOC)nc2cc(F)ccc21. The first kappa shape index (κ1) is 14.9. The van der Waals surface area contributed by atoms with Crippen LogP contribution in [-0.2, 0) is 11.3 Å². The van der Waals surface area contributed by atoms with Crippen LogP contribution < -0.4 is 5.73 Å². The maximum Gasteiger partial charge on any atom is 0.126 e. The molecule has 4 nitrogen and oxygen atoms in total. The lowest BCUT2D eigenvalue weighted by molar-refractivity contribution is 0.190. The van der Waals surface area contributed by atoms with Crippen molar-refractivity contribution < 1.29 is 9.13 Å². The second kappa shape index (κ2) is 6.81. The molecule has 2 aromatic rings. The van der Waals surface area contributed by atoms with Gasteiger partial charge in [-0.15, -0.1) is 0 Å². The summed E-state index contributed by atoms with van der Waals surface area (Å²) in [4.78, 5) is 4.53. The van der Waals surface area contributed by atoms with Crippen molar-refractivity contribution in [2.24, 2.45) is 5.73 Å². The number of aryl methyl sites for hydroxylation is 1. The molecule has 0 saturated carbocycles. The number of imidazole rings is 1. The summed E-state index contributed by atoms with van der Waals surface area (Å²) in [5.74, 6) is 0.571. The lowest BCUT2D eigenvalue weighted by atomic mass is 10.1. The normalized spacial score (nSPS) is 13.0. The van der Waals surface area contributed by atoms with Crippen molar-refractivity contribution in [3.8, 4) is 0 Å². The fourth-order valence-electron chi connectivity index (χ4n) is 2.44. The Morgan fingerprint density at radius 2 is 2.25 bits per heavy atom. The Morgan fingerprint density at radius 3 is 2.95 bits per heavy atom.